The second kappa shape index (κ2) is 4.32. The predicted octanol–water partition coefficient (Wildman–Crippen LogP) is 2.23. The van der Waals surface area contributed by atoms with Crippen LogP contribution in [0, 0.1) is 5.41 Å². The number of nitrogens with one attached hydrogen (secondary N) is 1. The molecule has 0 aliphatic rings. The molecule has 2 rings (SSSR count). The first-order valence-corrected chi connectivity index (χ1v) is 4.87. The molecule has 1 heterocycles. The van der Waals surface area contributed by atoms with Crippen LogP contribution in [0.3, 0.4) is 0 Å². The summed E-state index contributed by atoms with van der Waals surface area (Å²) in [6, 6.07) is 10.3. The molecular weight excluding hydrogens is 226 g/mol. The van der Waals surface area contributed by atoms with E-state index in [9.17, 15) is 8.78 Å². The number of halogens is 2. The van der Waals surface area contributed by atoms with Crippen molar-refractivity contribution in [2.24, 2.45) is 5.73 Å². The summed E-state index contributed by atoms with van der Waals surface area (Å²) < 4.78 is 25.8. The van der Waals surface area contributed by atoms with Gasteiger partial charge in [-0.15, -0.1) is 0 Å². The van der Waals surface area contributed by atoms with Gasteiger partial charge in [-0.25, -0.2) is 0 Å². The van der Waals surface area contributed by atoms with Crippen LogP contribution >= 0.6 is 0 Å². The monoisotopic (exact) mass is 236 g/mol. The molecule has 0 aliphatic carbocycles. The molecule has 1 aromatic heterocycles. The molecule has 17 heavy (non-hydrogen) atoms. The molecule has 0 fully saturated rings. The van der Waals surface area contributed by atoms with Crippen molar-refractivity contribution in [2.45, 2.75) is 6.55 Å². The van der Waals surface area contributed by atoms with Crippen LogP contribution in [0.5, 0.6) is 0 Å². The first kappa shape index (κ1) is 11.3. The molecule has 6 heteroatoms. The van der Waals surface area contributed by atoms with Gasteiger partial charge in [0.1, 0.15) is 11.5 Å². The smallest absolute Gasteiger partial charge is 0.333 e. The van der Waals surface area contributed by atoms with Gasteiger partial charge in [0.2, 0.25) is 0 Å². The third-order valence-electron chi connectivity index (χ3n) is 2.27. The topological polar surface area (TPSA) is 67.7 Å². The quantitative estimate of drug-likeness (QED) is 0.633. The van der Waals surface area contributed by atoms with Crippen LogP contribution in [0.1, 0.15) is 12.2 Å². The minimum absolute atomic E-state index is 0.0844. The molecule has 0 aliphatic heterocycles. The van der Waals surface area contributed by atoms with Crippen molar-refractivity contribution in [2.75, 3.05) is 0 Å². The molecular formula is C11H10F2N4. The molecule has 0 saturated carbocycles. The van der Waals surface area contributed by atoms with Crippen LogP contribution in [0.25, 0.3) is 11.3 Å². The fraction of sp³-hybridized carbons (Fsp3) is 0.0909. The minimum atomic E-state index is -2.81. The van der Waals surface area contributed by atoms with E-state index in [1.807, 2.05) is 6.07 Å². The van der Waals surface area contributed by atoms with Crippen molar-refractivity contribution >= 4 is 5.84 Å². The lowest BCUT2D eigenvalue weighted by Gasteiger charge is -2.02. The summed E-state index contributed by atoms with van der Waals surface area (Å²) in [5.41, 5.74) is 6.22. The van der Waals surface area contributed by atoms with E-state index in [0.29, 0.717) is 15.9 Å². The van der Waals surface area contributed by atoms with E-state index in [1.165, 1.54) is 6.07 Å². The zero-order valence-corrected chi connectivity index (χ0v) is 8.77. The molecule has 0 spiro atoms. The van der Waals surface area contributed by atoms with Gasteiger partial charge >= 0.3 is 6.55 Å². The molecule has 0 bridgehead atoms. The Labute approximate surface area is 96.2 Å². The van der Waals surface area contributed by atoms with E-state index in [4.69, 9.17) is 11.1 Å². The average Bonchev–Trinajstić information content (AvgIpc) is 2.75. The van der Waals surface area contributed by atoms with Crippen LogP contribution < -0.4 is 5.73 Å². The average molecular weight is 236 g/mol. The molecule has 88 valence electrons. The lowest BCUT2D eigenvalue weighted by Crippen LogP contribution is -2.18. The van der Waals surface area contributed by atoms with Crippen molar-refractivity contribution in [3.05, 3.63) is 42.1 Å². The van der Waals surface area contributed by atoms with Crippen LogP contribution in [-0.4, -0.2) is 15.6 Å². The largest absolute Gasteiger partial charge is 0.382 e. The molecule has 0 unspecified atom stereocenters. The lowest BCUT2D eigenvalue weighted by atomic mass is 10.1. The number of nitrogen functional groups attached to an aromatic ring is 1. The SMILES string of the molecule is N=C(N)c1cc(-c2ccccc2)nn1C(F)F. The highest BCUT2D eigenvalue weighted by Crippen LogP contribution is 2.22. The highest BCUT2D eigenvalue weighted by Gasteiger charge is 2.17. The van der Waals surface area contributed by atoms with E-state index < -0.39 is 12.4 Å². The van der Waals surface area contributed by atoms with E-state index in [2.05, 4.69) is 5.10 Å². The normalized spacial score (nSPS) is 10.8. The number of amidine groups is 1. The van der Waals surface area contributed by atoms with E-state index in [0.717, 1.165) is 0 Å². The van der Waals surface area contributed by atoms with Crippen LogP contribution in [-0.2, 0) is 0 Å². The van der Waals surface area contributed by atoms with Crippen LogP contribution in [0.15, 0.2) is 36.4 Å². The van der Waals surface area contributed by atoms with Crippen LogP contribution in [0.2, 0.25) is 0 Å². The standard InChI is InChI=1S/C11H10F2N4/c12-11(13)17-9(10(14)15)6-8(16-17)7-4-2-1-3-5-7/h1-6,11H,(H3,14,15). The van der Waals surface area contributed by atoms with E-state index >= 15 is 0 Å². The van der Waals surface area contributed by atoms with E-state index in [-0.39, 0.29) is 5.69 Å². The molecule has 4 nitrogen and oxygen atoms in total. The number of aromatic nitrogens is 2. The Kier molecular flexibility index (Phi) is 2.86. The van der Waals surface area contributed by atoms with Gasteiger partial charge in [0, 0.05) is 5.56 Å². The van der Waals surface area contributed by atoms with Crippen LogP contribution in [0.4, 0.5) is 8.78 Å². The second-order valence-electron chi connectivity index (χ2n) is 3.42. The number of benzene rings is 1. The summed E-state index contributed by atoms with van der Waals surface area (Å²) in [7, 11) is 0. The Morgan fingerprint density at radius 1 is 1.29 bits per heavy atom. The maximum absolute atomic E-state index is 12.7. The Balaban J connectivity index is 2.51. The van der Waals surface area contributed by atoms with Crippen molar-refractivity contribution < 1.29 is 8.78 Å². The summed E-state index contributed by atoms with van der Waals surface area (Å²) in [6.07, 6.45) is 0. The molecule has 3 N–H and O–H groups in total. The minimum Gasteiger partial charge on any atom is -0.382 e. The fourth-order valence-electron chi connectivity index (χ4n) is 1.49. The number of nitrogens with zero attached hydrogens (tertiary/aromatic N) is 2. The summed E-state index contributed by atoms with van der Waals surface area (Å²) in [4.78, 5) is 0. The lowest BCUT2D eigenvalue weighted by molar-refractivity contribution is 0.0562. The Morgan fingerprint density at radius 3 is 2.41 bits per heavy atom. The number of rotatable bonds is 3. The van der Waals surface area contributed by atoms with Crippen molar-refractivity contribution in [1.29, 1.82) is 5.41 Å². The zero-order valence-electron chi connectivity index (χ0n) is 8.77. The highest BCUT2D eigenvalue weighted by molar-refractivity contribution is 5.94. The molecule has 0 saturated heterocycles. The third-order valence-corrected chi connectivity index (χ3v) is 2.27. The number of hydrogen-bond donors (Lipinski definition) is 2. The number of nitrogens with two attached hydrogens (primary N) is 1. The third kappa shape index (κ3) is 2.15. The first-order chi connectivity index (χ1) is 8.09. The highest BCUT2D eigenvalue weighted by atomic mass is 19.3. The van der Waals surface area contributed by atoms with Gasteiger partial charge < -0.3 is 5.73 Å². The molecule has 0 amide bonds. The summed E-state index contributed by atoms with van der Waals surface area (Å²) >= 11 is 0. The first-order valence-electron chi connectivity index (χ1n) is 4.87. The second-order valence-corrected chi connectivity index (χ2v) is 3.42. The van der Waals surface area contributed by atoms with Gasteiger partial charge in [0.25, 0.3) is 0 Å². The summed E-state index contributed by atoms with van der Waals surface area (Å²) in [6.45, 7) is -2.81. The van der Waals surface area contributed by atoms with Gasteiger partial charge in [-0.1, -0.05) is 30.3 Å². The van der Waals surface area contributed by atoms with Gasteiger partial charge in [-0.3, -0.25) is 5.41 Å². The van der Waals surface area contributed by atoms with Gasteiger partial charge in [0.05, 0.1) is 5.69 Å². The molecule has 1 aromatic carbocycles. The molecule has 2 aromatic rings. The van der Waals surface area contributed by atoms with Crippen molar-refractivity contribution in [1.82, 2.24) is 9.78 Å². The van der Waals surface area contributed by atoms with Crippen molar-refractivity contribution in [3.8, 4) is 11.3 Å². The van der Waals surface area contributed by atoms with Gasteiger partial charge in [-0.2, -0.15) is 18.6 Å². The Morgan fingerprint density at radius 2 is 1.94 bits per heavy atom. The molecule has 0 radical (unpaired) electrons. The zero-order chi connectivity index (χ0) is 12.4. The van der Waals surface area contributed by atoms with Crippen molar-refractivity contribution in [3.63, 3.8) is 0 Å². The molecule has 0 atom stereocenters. The number of alkyl halides is 2. The maximum atomic E-state index is 12.7. The fourth-order valence-corrected chi connectivity index (χ4v) is 1.49. The van der Waals surface area contributed by atoms with Gasteiger partial charge in [-0.05, 0) is 6.07 Å². The number of hydrogen-bond acceptors (Lipinski definition) is 2. The Hall–Kier alpha value is -2.24. The summed E-state index contributed by atoms with van der Waals surface area (Å²) in [5.74, 6) is -0.431. The predicted molar refractivity (Wildman–Crippen MR) is 59.9 cm³/mol. The summed E-state index contributed by atoms with van der Waals surface area (Å²) in [5, 5.41) is 11.0. The van der Waals surface area contributed by atoms with Gasteiger partial charge in [0.15, 0.2) is 0 Å². The van der Waals surface area contributed by atoms with E-state index in [1.54, 1.807) is 24.3 Å². The Bertz CT molecular complexity index is 534. The maximum Gasteiger partial charge on any atom is 0.333 e.